The van der Waals surface area contributed by atoms with Crippen LogP contribution in [0, 0.1) is 6.92 Å². The van der Waals surface area contributed by atoms with Gasteiger partial charge in [0, 0.05) is 18.7 Å². The van der Waals surface area contributed by atoms with Gasteiger partial charge in [0.15, 0.2) is 11.5 Å². The molecule has 0 N–H and O–H groups in total. The van der Waals surface area contributed by atoms with E-state index in [1.165, 1.54) is 11.8 Å². The molecule has 0 aliphatic carbocycles. The van der Waals surface area contributed by atoms with Crippen LogP contribution in [0.3, 0.4) is 0 Å². The van der Waals surface area contributed by atoms with Crippen molar-refractivity contribution < 1.29 is 18.7 Å². The highest BCUT2D eigenvalue weighted by molar-refractivity contribution is 7.99. The van der Waals surface area contributed by atoms with Crippen molar-refractivity contribution in [2.75, 3.05) is 26.5 Å². The number of nitrogens with zero attached hydrogens (tertiary/aromatic N) is 3. The van der Waals surface area contributed by atoms with Gasteiger partial charge in [-0.2, -0.15) is 0 Å². The lowest BCUT2D eigenvalue weighted by molar-refractivity contribution is -0.128. The largest absolute Gasteiger partial charge is 0.493 e. The highest BCUT2D eigenvalue weighted by Gasteiger charge is 2.17. The summed E-state index contributed by atoms with van der Waals surface area (Å²) in [5, 5.41) is 8.55. The van der Waals surface area contributed by atoms with Crippen molar-refractivity contribution in [2.45, 2.75) is 25.6 Å². The third kappa shape index (κ3) is 5.13. The van der Waals surface area contributed by atoms with E-state index in [0.717, 1.165) is 16.7 Å². The van der Waals surface area contributed by atoms with Crippen molar-refractivity contribution in [3.8, 4) is 23.0 Å². The van der Waals surface area contributed by atoms with Crippen molar-refractivity contribution in [1.29, 1.82) is 0 Å². The lowest BCUT2D eigenvalue weighted by Crippen LogP contribution is -2.31. The highest BCUT2D eigenvalue weighted by atomic mass is 32.2. The quantitative estimate of drug-likeness (QED) is 0.474. The van der Waals surface area contributed by atoms with E-state index < -0.39 is 0 Å². The van der Waals surface area contributed by atoms with Gasteiger partial charge in [-0.1, -0.05) is 36.0 Å². The molecule has 0 fully saturated rings. The van der Waals surface area contributed by atoms with Gasteiger partial charge in [-0.25, -0.2) is 0 Å². The molecule has 0 aliphatic heterocycles. The first-order valence-corrected chi connectivity index (χ1v) is 10.5. The summed E-state index contributed by atoms with van der Waals surface area (Å²) in [5.41, 5.74) is 2.92. The van der Waals surface area contributed by atoms with Crippen LogP contribution in [-0.2, 0) is 11.3 Å². The first-order chi connectivity index (χ1) is 14.5. The van der Waals surface area contributed by atoms with Gasteiger partial charge in [0.25, 0.3) is 5.22 Å². The molecule has 0 bridgehead atoms. The molecule has 0 aliphatic rings. The minimum atomic E-state index is -0.00655. The molecule has 1 aromatic heterocycles. The number of hydrogen-bond donors (Lipinski definition) is 0. The Balaban J connectivity index is 1.62. The number of thioether (sulfide) groups is 1. The second kappa shape index (κ2) is 10.2. The fourth-order valence-corrected chi connectivity index (χ4v) is 3.65. The third-order valence-electron chi connectivity index (χ3n) is 4.66. The zero-order valence-corrected chi connectivity index (χ0v) is 18.4. The second-order valence-corrected chi connectivity index (χ2v) is 7.50. The Kier molecular flexibility index (Phi) is 7.35. The molecule has 3 rings (SSSR count). The topological polar surface area (TPSA) is 77.7 Å². The van der Waals surface area contributed by atoms with Crippen LogP contribution < -0.4 is 9.47 Å². The smallest absolute Gasteiger partial charge is 0.277 e. The third-order valence-corrected chi connectivity index (χ3v) is 5.46. The van der Waals surface area contributed by atoms with Gasteiger partial charge in [0.05, 0.1) is 20.0 Å². The Bertz CT molecular complexity index is 1010. The van der Waals surface area contributed by atoms with Gasteiger partial charge >= 0.3 is 0 Å². The zero-order chi connectivity index (χ0) is 21.5. The number of aryl methyl sites for hydroxylation is 1. The summed E-state index contributed by atoms with van der Waals surface area (Å²) in [5.74, 6) is 1.97. The number of rotatable bonds is 9. The van der Waals surface area contributed by atoms with E-state index >= 15 is 0 Å². The Hall–Kier alpha value is -3.00. The standard InChI is InChI=1S/C22H25N3O4S/c1-5-25(13-16-10-11-18(27-3)19(12-16)28-4)20(26)14-30-22-24-23-21(29-22)17-9-7-6-8-15(17)2/h6-12H,5,13-14H2,1-4H3. The molecule has 1 heterocycles. The molecule has 0 radical (unpaired) electrons. The molecule has 0 atom stereocenters. The van der Waals surface area contributed by atoms with Crippen LogP contribution in [0.1, 0.15) is 18.1 Å². The number of carbonyl (C=O) groups excluding carboxylic acids is 1. The average molecular weight is 428 g/mol. The van der Waals surface area contributed by atoms with Crippen LogP contribution >= 0.6 is 11.8 Å². The SMILES string of the molecule is CCN(Cc1ccc(OC)c(OC)c1)C(=O)CSc1nnc(-c2ccccc2C)o1. The van der Waals surface area contributed by atoms with Gasteiger partial charge in [-0.3, -0.25) is 4.79 Å². The van der Waals surface area contributed by atoms with Crippen molar-refractivity contribution in [2.24, 2.45) is 0 Å². The van der Waals surface area contributed by atoms with Crippen LogP contribution in [-0.4, -0.2) is 47.5 Å². The summed E-state index contributed by atoms with van der Waals surface area (Å²) in [6.45, 7) is 5.01. The number of hydrogen-bond acceptors (Lipinski definition) is 7. The maximum absolute atomic E-state index is 12.7. The Morgan fingerprint density at radius 3 is 2.57 bits per heavy atom. The van der Waals surface area contributed by atoms with Gasteiger partial charge in [-0.15, -0.1) is 10.2 Å². The number of benzene rings is 2. The molecule has 0 saturated heterocycles. The highest BCUT2D eigenvalue weighted by Crippen LogP contribution is 2.29. The minimum absolute atomic E-state index is 0.00655. The molecule has 2 aromatic carbocycles. The fraction of sp³-hybridized carbons (Fsp3) is 0.318. The van der Waals surface area contributed by atoms with E-state index in [1.54, 1.807) is 19.1 Å². The summed E-state index contributed by atoms with van der Waals surface area (Å²) in [6.07, 6.45) is 0. The van der Waals surface area contributed by atoms with Gasteiger partial charge in [0.2, 0.25) is 11.8 Å². The molecule has 158 valence electrons. The molecule has 7 nitrogen and oxygen atoms in total. The molecule has 0 spiro atoms. The molecule has 0 unspecified atom stereocenters. The summed E-state index contributed by atoms with van der Waals surface area (Å²) in [7, 11) is 3.19. The fourth-order valence-electron chi connectivity index (χ4n) is 2.98. The first kappa shape index (κ1) is 21.7. The van der Waals surface area contributed by atoms with E-state index in [9.17, 15) is 4.79 Å². The van der Waals surface area contributed by atoms with E-state index in [-0.39, 0.29) is 11.7 Å². The number of carbonyl (C=O) groups is 1. The van der Waals surface area contributed by atoms with Gasteiger partial charge < -0.3 is 18.8 Å². The minimum Gasteiger partial charge on any atom is -0.493 e. The summed E-state index contributed by atoms with van der Waals surface area (Å²) >= 11 is 1.24. The lowest BCUT2D eigenvalue weighted by Gasteiger charge is -2.21. The lowest BCUT2D eigenvalue weighted by atomic mass is 10.1. The van der Waals surface area contributed by atoms with Crippen LogP contribution in [0.4, 0.5) is 0 Å². The molecule has 1 amide bonds. The maximum Gasteiger partial charge on any atom is 0.277 e. The van der Waals surface area contributed by atoms with E-state index in [1.807, 2.05) is 56.3 Å². The Morgan fingerprint density at radius 1 is 1.10 bits per heavy atom. The molecule has 8 heteroatoms. The predicted octanol–water partition coefficient (Wildman–Crippen LogP) is 4.20. The van der Waals surface area contributed by atoms with E-state index in [0.29, 0.717) is 35.7 Å². The van der Waals surface area contributed by atoms with Gasteiger partial charge in [-0.05, 0) is 43.2 Å². The van der Waals surface area contributed by atoms with Crippen molar-refractivity contribution in [3.05, 3.63) is 53.6 Å². The Morgan fingerprint density at radius 2 is 1.87 bits per heavy atom. The van der Waals surface area contributed by atoms with Crippen LogP contribution in [0.2, 0.25) is 0 Å². The number of amides is 1. The van der Waals surface area contributed by atoms with Crippen LogP contribution in [0.15, 0.2) is 52.1 Å². The van der Waals surface area contributed by atoms with Gasteiger partial charge in [0.1, 0.15) is 0 Å². The number of methoxy groups -OCH3 is 2. The normalized spacial score (nSPS) is 10.7. The number of aromatic nitrogens is 2. The van der Waals surface area contributed by atoms with Crippen LogP contribution in [0.5, 0.6) is 11.5 Å². The van der Waals surface area contributed by atoms with Crippen molar-refractivity contribution in [3.63, 3.8) is 0 Å². The molecule has 30 heavy (non-hydrogen) atoms. The second-order valence-electron chi connectivity index (χ2n) is 6.57. The summed E-state index contributed by atoms with van der Waals surface area (Å²) in [6, 6.07) is 13.5. The summed E-state index contributed by atoms with van der Waals surface area (Å²) < 4.78 is 16.3. The maximum atomic E-state index is 12.7. The predicted molar refractivity (Wildman–Crippen MR) is 116 cm³/mol. The van der Waals surface area contributed by atoms with E-state index in [2.05, 4.69) is 10.2 Å². The number of ether oxygens (including phenoxy) is 2. The van der Waals surface area contributed by atoms with E-state index in [4.69, 9.17) is 13.9 Å². The van der Waals surface area contributed by atoms with Crippen molar-refractivity contribution >= 4 is 17.7 Å². The Labute approximate surface area is 180 Å². The van der Waals surface area contributed by atoms with Crippen molar-refractivity contribution in [1.82, 2.24) is 15.1 Å². The molecular formula is C22H25N3O4S. The summed E-state index contributed by atoms with van der Waals surface area (Å²) in [4.78, 5) is 14.5. The average Bonchev–Trinajstić information content (AvgIpc) is 3.24. The molecule has 3 aromatic rings. The monoisotopic (exact) mass is 427 g/mol. The van der Waals surface area contributed by atoms with Crippen LogP contribution in [0.25, 0.3) is 11.5 Å². The molecular weight excluding hydrogens is 402 g/mol. The zero-order valence-electron chi connectivity index (χ0n) is 17.5. The first-order valence-electron chi connectivity index (χ1n) is 9.56. The molecule has 0 saturated carbocycles.